The zero-order chi connectivity index (χ0) is 38.9. The van der Waals surface area contributed by atoms with Gasteiger partial charge in [0.05, 0.1) is 34.5 Å². The van der Waals surface area contributed by atoms with E-state index < -0.39 is 52.7 Å². The average molecular weight is 762 g/mol. The molecule has 9 rings (SSSR count). The fourth-order valence-electron chi connectivity index (χ4n) is 9.62. The Balaban J connectivity index is 1.15. The third kappa shape index (κ3) is 5.33. The first-order valence-corrected chi connectivity index (χ1v) is 19.0. The van der Waals surface area contributed by atoms with Crippen molar-refractivity contribution in [2.45, 2.75) is 31.1 Å². The Morgan fingerprint density at radius 2 is 1.43 bits per heavy atom. The Morgan fingerprint density at radius 3 is 2.12 bits per heavy atom. The molecule has 2 aliphatic heterocycles. The Bertz CT molecular complexity index is 2470. The van der Waals surface area contributed by atoms with Crippen molar-refractivity contribution < 1.29 is 29.1 Å². The van der Waals surface area contributed by atoms with E-state index >= 15 is 4.79 Å². The smallest absolute Gasteiger partial charge is 0.260 e. The molecule has 2 aliphatic carbocycles. The topological polar surface area (TPSA) is 124 Å². The fraction of sp³-hybridized carbons (Fsp3) is 0.196. The first-order valence-electron chi connectivity index (χ1n) is 18.6. The first-order chi connectivity index (χ1) is 27.1. The maximum absolute atomic E-state index is 15.3. The van der Waals surface area contributed by atoms with E-state index in [2.05, 4.69) is 5.43 Å². The minimum atomic E-state index is -1.54. The number of hydrogen-bond acceptors (Lipinski definition) is 7. The predicted octanol–water partition coefficient (Wildman–Crippen LogP) is 7.77. The summed E-state index contributed by atoms with van der Waals surface area (Å²) in [6.45, 7) is 1.94. The monoisotopic (exact) mass is 761 g/mol. The van der Waals surface area contributed by atoms with Gasteiger partial charge in [-0.2, -0.15) is 5.01 Å². The van der Waals surface area contributed by atoms with Gasteiger partial charge in [-0.3, -0.25) is 34.3 Å². The standard InChI is InChI=1S/C46H36ClN3O6/c1-26-12-17-31(18-13-26)48-50-43(54)37-25-35-33(40(36-24-30(47)16-23-38(36)51)46(37,45(50)56)29-10-6-3-7-11-29)21-22-34-39(35)44(55)49(42(34)53)32-19-14-28(15-20-32)41(52)27-8-4-2-5-9-27/h2-21,23-24,34-35,37,39-40,48,51H,22,25H2,1H3/t34-,35+,37-,39-,40+,46+/m0/s1. The van der Waals surface area contributed by atoms with E-state index in [0.29, 0.717) is 44.2 Å². The number of carbonyl (C=O) groups excluding carboxylic acids is 5. The SMILES string of the molecule is Cc1ccc(NN2C(=O)[C@@H]3C[C@@H]4C(=CC[C@@H]5C(=O)N(c6ccc(C(=O)c7ccccc7)cc6)C(=O)[C@@H]54)[C@H](c4cc(Cl)ccc4O)[C@]3(c3ccccc3)C2=O)cc1. The molecule has 1 saturated carbocycles. The number of anilines is 2. The number of amides is 4. The number of aryl methyl sites for hydroxylation is 1. The van der Waals surface area contributed by atoms with Gasteiger partial charge >= 0.3 is 0 Å². The number of nitrogens with one attached hydrogen (secondary N) is 1. The van der Waals surface area contributed by atoms with E-state index in [1.807, 2.05) is 61.5 Å². The summed E-state index contributed by atoms with van der Waals surface area (Å²) in [7, 11) is 0. The van der Waals surface area contributed by atoms with E-state index in [4.69, 9.17) is 11.6 Å². The molecule has 0 bridgehead atoms. The minimum absolute atomic E-state index is 0.105. The summed E-state index contributed by atoms with van der Waals surface area (Å²) in [6, 6.07) is 36.4. The summed E-state index contributed by atoms with van der Waals surface area (Å²) in [5, 5.41) is 13.0. The molecule has 2 heterocycles. The summed E-state index contributed by atoms with van der Waals surface area (Å²) < 4.78 is 0. The lowest BCUT2D eigenvalue weighted by Gasteiger charge is -2.50. The van der Waals surface area contributed by atoms with Crippen molar-refractivity contribution in [3.8, 4) is 5.75 Å². The normalized spacial score (nSPS) is 25.4. The van der Waals surface area contributed by atoms with Crippen molar-refractivity contribution in [1.29, 1.82) is 0 Å². The summed E-state index contributed by atoms with van der Waals surface area (Å²) >= 11 is 6.61. The molecule has 9 nitrogen and oxygen atoms in total. The summed E-state index contributed by atoms with van der Waals surface area (Å²) in [6.07, 6.45) is 2.25. The van der Waals surface area contributed by atoms with Gasteiger partial charge in [0, 0.05) is 27.6 Å². The molecule has 2 saturated heterocycles. The molecule has 6 atom stereocenters. The maximum Gasteiger partial charge on any atom is 0.260 e. The molecule has 0 aromatic heterocycles. The number of aromatic hydroxyl groups is 1. The van der Waals surface area contributed by atoms with Crippen molar-refractivity contribution in [1.82, 2.24) is 5.01 Å². The van der Waals surface area contributed by atoms with Crippen LogP contribution in [-0.2, 0) is 24.6 Å². The molecule has 5 aromatic rings. The van der Waals surface area contributed by atoms with Crippen LogP contribution in [0, 0.1) is 30.6 Å². The number of phenolic OH excluding ortho intramolecular Hbond substituents is 1. The van der Waals surface area contributed by atoms with Gasteiger partial charge in [-0.25, -0.2) is 0 Å². The molecule has 0 unspecified atom stereocenters. The van der Waals surface area contributed by atoms with E-state index in [9.17, 15) is 24.3 Å². The largest absolute Gasteiger partial charge is 0.508 e. The van der Waals surface area contributed by atoms with E-state index in [-0.39, 0.29) is 30.3 Å². The summed E-state index contributed by atoms with van der Waals surface area (Å²) in [5.74, 6) is -6.12. The van der Waals surface area contributed by atoms with Crippen molar-refractivity contribution in [3.05, 3.63) is 172 Å². The van der Waals surface area contributed by atoms with Crippen LogP contribution in [0.15, 0.2) is 139 Å². The zero-order valence-electron chi connectivity index (χ0n) is 30.3. The van der Waals surface area contributed by atoms with Crippen molar-refractivity contribution in [3.63, 3.8) is 0 Å². The first kappa shape index (κ1) is 35.4. The third-order valence-electron chi connectivity index (χ3n) is 12.1. The molecular weight excluding hydrogens is 726 g/mol. The number of hydrazine groups is 1. The lowest BCUT2D eigenvalue weighted by Crippen LogP contribution is -2.53. The van der Waals surface area contributed by atoms with Crippen LogP contribution in [0.25, 0.3) is 0 Å². The second-order valence-electron chi connectivity index (χ2n) is 15.0. The Morgan fingerprint density at radius 1 is 0.768 bits per heavy atom. The summed E-state index contributed by atoms with van der Waals surface area (Å²) in [4.78, 5) is 73.4. The highest BCUT2D eigenvalue weighted by Gasteiger charge is 2.70. The van der Waals surface area contributed by atoms with Crippen LogP contribution in [0.4, 0.5) is 11.4 Å². The van der Waals surface area contributed by atoms with E-state index in [0.717, 1.165) is 10.6 Å². The number of benzene rings is 5. The van der Waals surface area contributed by atoms with Gasteiger partial charge in [0.2, 0.25) is 11.8 Å². The number of ketones is 1. The van der Waals surface area contributed by atoms with Gasteiger partial charge < -0.3 is 5.11 Å². The molecule has 0 radical (unpaired) electrons. The zero-order valence-corrected chi connectivity index (χ0v) is 31.0. The van der Waals surface area contributed by atoms with Crippen LogP contribution in [-0.4, -0.2) is 39.5 Å². The van der Waals surface area contributed by atoms with E-state index in [1.165, 1.54) is 11.0 Å². The highest BCUT2D eigenvalue weighted by atomic mass is 35.5. The number of imide groups is 2. The van der Waals surface area contributed by atoms with Crippen molar-refractivity contribution in [2.75, 3.05) is 10.3 Å². The highest BCUT2D eigenvalue weighted by Crippen LogP contribution is 2.65. The number of hydrogen-bond donors (Lipinski definition) is 2. The fourth-order valence-corrected chi connectivity index (χ4v) is 9.80. The molecule has 4 aliphatic rings. The molecule has 4 amide bonds. The number of carbonyl (C=O) groups is 5. The van der Waals surface area contributed by atoms with Crippen LogP contribution < -0.4 is 10.3 Å². The molecule has 56 heavy (non-hydrogen) atoms. The average Bonchev–Trinajstić information content (AvgIpc) is 3.60. The maximum atomic E-state index is 15.3. The summed E-state index contributed by atoms with van der Waals surface area (Å²) in [5.41, 5.74) is 6.02. The van der Waals surface area contributed by atoms with Crippen LogP contribution in [0.1, 0.15) is 51.4 Å². The van der Waals surface area contributed by atoms with Crippen LogP contribution >= 0.6 is 11.6 Å². The van der Waals surface area contributed by atoms with Crippen molar-refractivity contribution in [2.24, 2.45) is 23.7 Å². The molecule has 10 heteroatoms. The predicted molar refractivity (Wildman–Crippen MR) is 211 cm³/mol. The van der Waals surface area contributed by atoms with Gasteiger partial charge in [-0.1, -0.05) is 102 Å². The Kier molecular flexibility index (Phi) is 8.50. The number of rotatable bonds is 7. The highest BCUT2D eigenvalue weighted by molar-refractivity contribution is 6.30. The van der Waals surface area contributed by atoms with Crippen LogP contribution in [0.2, 0.25) is 5.02 Å². The van der Waals surface area contributed by atoms with Crippen LogP contribution in [0.5, 0.6) is 5.75 Å². The molecule has 3 fully saturated rings. The third-order valence-corrected chi connectivity index (χ3v) is 12.4. The van der Waals surface area contributed by atoms with Gasteiger partial charge in [-0.05, 0) is 85.8 Å². The second-order valence-corrected chi connectivity index (χ2v) is 15.5. The number of allylic oxidation sites excluding steroid dienone is 2. The molecular formula is C46H36ClN3O6. The van der Waals surface area contributed by atoms with Gasteiger partial charge in [0.1, 0.15) is 5.75 Å². The lowest BCUT2D eigenvalue weighted by atomic mass is 9.49. The molecule has 5 aromatic carbocycles. The number of halogens is 1. The Hall–Kier alpha value is -6.32. The van der Waals surface area contributed by atoms with Gasteiger partial charge in [0.15, 0.2) is 5.78 Å². The van der Waals surface area contributed by atoms with Gasteiger partial charge in [0.25, 0.3) is 11.8 Å². The molecule has 278 valence electrons. The molecule has 2 N–H and O–H groups in total. The molecule has 0 spiro atoms. The number of phenols is 1. The minimum Gasteiger partial charge on any atom is -0.508 e. The lowest BCUT2D eigenvalue weighted by molar-refractivity contribution is -0.138. The quantitative estimate of drug-likeness (QED) is 0.0987. The second kappa shape index (κ2) is 13.5. The van der Waals surface area contributed by atoms with Crippen molar-refractivity contribution >= 4 is 52.4 Å². The van der Waals surface area contributed by atoms with Gasteiger partial charge in [-0.15, -0.1) is 0 Å². The number of nitrogens with zero attached hydrogens (tertiary/aromatic N) is 2. The van der Waals surface area contributed by atoms with Crippen LogP contribution in [0.3, 0.4) is 0 Å². The number of fused-ring (bicyclic) bond motifs is 4. The Labute approximate surface area is 328 Å². The van der Waals surface area contributed by atoms with E-state index in [1.54, 1.807) is 72.8 Å².